The number of nitrogens with one attached hydrogen (secondary N) is 2. The molecule has 0 spiro atoms. The predicted molar refractivity (Wildman–Crippen MR) is 97.2 cm³/mol. The molecule has 25 heavy (non-hydrogen) atoms. The first-order chi connectivity index (χ1) is 12.0. The van der Waals surface area contributed by atoms with Crippen LogP contribution in [-0.4, -0.2) is 60.7 Å². The summed E-state index contributed by atoms with van der Waals surface area (Å²) < 4.78 is 5.43. The van der Waals surface area contributed by atoms with Crippen LogP contribution in [0, 0.1) is 11.8 Å². The molecule has 0 heterocycles. The van der Waals surface area contributed by atoms with Crippen LogP contribution in [0.25, 0.3) is 0 Å². The second-order valence-corrected chi connectivity index (χ2v) is 8.02. The van der Waals surface area contributed by atoms with E-state index in [4.69, 9.17) is 4.74 Å². The first-order valence-corrected chi connectivity index (χ1v) is 9.85. The Hall–Kier alpha value is -0.690. The fourth-order valence-electron chi connectivity index (χ4n) is 4.48. The standard InChI is InChI=1S/C19H36N2O4/c1-13(9-14-3-6-16(25-2)7-4-14)20-11-19(24)15-5-8-18(23)17(10-15)21-12-22/h12-20,23-24H,3-11H2,1-2H3,(H,21,22). The highest BCUT2D eigenvalue weighted by molar-refractivity contribution is 5.46. The highest BCUT2D eigenvalue weighted by atomic mass is 16.5. The smallest absolute Gasteiger partial charge is 0.207 e. The van der Waals surface area contributed by atoms with Crippen molar-refractivity contribution in [3.63, 3.8) is 0 Å². The summed E-state index contributed by atoms with van der Waals surface area (Å²) >= 11 is 0. The molecule has 4 N–H and O–H groups in total. The molecule has 2 saturated carbocycles. The van der Waals surface area contributed by atoms with Gasteiger partial charge in [0, 0.05) is 19.7 Å². The van der Waals surface area contributed by atoms with E-state index in [-0.39, 0.29) is 12.0 Å². The minimum atomic E-state index is -0.497. The molecule has 2 rings (SSSR count). The second-order valence-electron chi connectivity index (χ2n) is 8.02. The van der Waals surface area contributed by atoms with E-state index < -0.39 is 12.2 Å². The lowest BCUT2D eigenvalue weighted by Crippen LogP contribution is -2.48. The number of ether oxygens (including phenoxy) is 1. The van der Waals surface area contributed by atoms with Crippen LogP contribution in [0.15, 0.2) is 0 Å². The summed E-state index contributed by atoms with van der Waals surface area (Å²) in [5, 5.41) is 26.6. The average Bonchev–Trinajstić information content (AvgIpc) is 2.62. The monoisotopic (exact) mass is 356 g/mol. The van der Waals surface area contributed by atoms with E-state index in [1.54, 1.807) is 7.11 Å². The second kappa shape index (κ2) is 10.5. The van der Waals surface area contributed by atoms with E-state index in [1.807, 2.05) is 0 Å². The Morgan fingerprint density at radius 2 is 1.92 bits per heavy atom. The number of amides is 1. The van der Waals surface area contributed by atoms with Gasteiger partial charge in [-0.05, 0) is 70.1 Å². The van der Waals surface area contributed by atoms with E-state index in [1.165, 1.54) is 12.8 Å². The van der Waals surface area contributed by atoms with E-state index in [2.05, 4.69) is 17.6 Å². The Morgan fingerprint density at radius 3 is 2.56 bits per heavy atom. The van der Waals surface area contributed by atoms with Crippen molar-refractivity contribution in [2.75, 3.05) is 13.7 Å². The molecule has 2 aliphatic rings. The topological polar surface area (TPSA) is 90.8 Å². The Bertz CT molecular complexity index is 388. The Morgan fingerprint density at radius 1 is 1.20 bits per heavy atom. The molecule has 6 nitrogen and oxygen atoms in total. The van der Waals surface area contributed by atoms with Crippen molar-refractivity contribution >= 4 is 6.41 Å². The van der Waals surface area contributed by atoms with Crippen LogP contribution in [0.3, 0.4) is 0 Å². The highest BCUT2D eigenvalue weighted by Gasteiger charge is 2.32. The van der Waals surface area contributed by atoms with Gasteiger partial charge in [-0.2, -0.15) is 0 Å². The normalized spacial score (nSPS) is 35.8. The third-order valence-corrected chi connectivity index (χ3v) is 6.17. The minimum absolute atomic E-state index is 0.123. The van der Waals surface area contributed by atoms with Gasteiger partial charge in [-0.3, -0.25) is 4.79 Å². The molecule has 6 heteroatoms. The van der Waals surface area contributed by atoms with Gasteiger partial charge in [-0.25, -0.2) is 0 Å². The summed E-state index contributed by atoms with van der Waals surface area (Å²) in [6, 6.07) is 0.149. The fraction of sp³-hybridized carbons (Fsp3) is 0.947. The number of aliphatic hydroxyl groups is 2. The van der Waals surface area contributed by atoms with Gasteiger partial charge in [0.2, 0.25) is 6.41 Å². The maximum Gasteiger partial charge on any atom is 0.207 e. The van der Waals surface area contributed by atoms with Crippen LogP contribution in [0.2, 0.25) is 0 Å². The first kappa shape index (κ1) is 20.6. The number of carbonyl (C=O) groups excluding carboxylic acids is 1. The summed E-state index contributed by atoms with van der Waals surface area (Å²) in [4.78, 5) is 10.6. The van der Waals surface area contributed by atoms with Crippen molar-refractivity contribution in [3.8, 4) is 0 Å². The van der Waals surface area contributed by atoms with Crippen LogP contribution in [0.4, 0.5) is 0 Å². The summed E-state index contributed by atoms with van der Waals surface area (Å²) in [7, 11) is 1.80. The van der Waals surface area contributed by atoms with Gasteiger partial charge in [0.15, 0.2) is 0 Å². The molecule has 5 atom stereocenters. The lowest BCUT2D eigenvalue weighted by Gasteiger charge is -2.36. The quantitative estimate of drug-likeness (QED) is 0.466. The number of methoxy groups -OCH3 is 1. The predicted octanol–water partition coefficient (Wildman–Crippen LogP) is 1.20. The molecule has 5 unspecified atom stereocenters. The van der Waals surface area contributed by atoms with Gasteiger partial charge in [0.1, 0.15) is 0 Å². The molecule has 2 fully saturated rings. The van der Waals surface area contributed by atoms with Crippen LogP contribution >= 0.6 is 0 Å². The molecule has 0 saturated heterocycles. The van der Waals surface area contributed by atoms with E-state index >= 15 is 0 Å². The molecule has 1 amide bonds. The summed E-state index contributed by atoms with van der Waals surface area (Å²) in [6.07, 6.45) is 8.13. The van der Waals surface area contributed by atoms with Gasteiger partial charge in [-0.1, -0.05) is 0 Å². The van der Waals surface area contributed by atoms with Gasteiger partial charge < -0.3 is 25.6 Å². The molecule has 0 bridgehead atoms. The third-order valence-electron chi connectivity index (χ3n) is 6.17. The van der Waals surface area contributed by atoms with Crippen molar-refractivity contribution in [2.24, 2.45) is 11.8 Å². The molecule has 0 aromatic rings. The molecule has 2 aliphatic carbocycles. The summed E-state index contributed by atoms with van der Waals surface area (Å²) in [5.74, 6) is 0.870. The van der Waals surface area contributed by atoms with Crippen LogP contribution in [0.5, 0.6) is 0 Å². The van der Waals surface area contributed by atoms with Crippen molar-refractivity contribution in [3.05, 3.63) is 0 Å². The Labute approximate surface area is 151 Å². The number of hydrogen-bond donors (Lipinski definition) is 4. The molecule has 0 aromatic carbocycles. The summed E-state index contributed by atoms with van der Waals surface area (Å²) in [6.45, 7) is 2.76. The number of hydrogen-bond acceptors (Lipinski definition) is 5. The number of rotatable bonds is 9. The molecule has 0 radical (unpaired) electrons. The maximum atomic E-state index is 10.6. The third kappa shape index (κ3) is 6.51. The largest absolute Gasteiger partial charge is 0.392 e. The molecule has 146 valence electrons. The molecular formula is C19H36N2O4. The van der Waals surface area contributed by atoms with Crippen molar-refractivity contribution < 1.29 is 19.7 Å². The summed E-state index contributed by atoms with van der Waals surface area (Å²) in [5.41, 5.74) is 0. The van der Waals surface area contributed by atoms with Gasteiger partial charge in [0.25, 0.3) is 0 Å². The van der Waals surface area contributed by atoms with Crippen molar-refractivity contribution in [1.82, 2.24) is 10.6 Å². The molecule has 0 aliphatic heterocycles. The van der Waals surface area contributed by atoms with Gasteiger partial charge >= 0.3 is 0 Å². The van der Waals surface area contributed by atoms with Crippen LogP contribution in [0.1, 0.15) is 58.3 Å². The Balaban J connectivity index is 1.67. The van der Waals surface area contributed by atoms with Gasteiger partial charge in [0.05, 0.1) is 24.4 Å². The fourth-order valence-corrected chi connectivity index (χ4v) is 4.48. The minimum Gasteiger partial charge on any atom is -0.392 e. The van der Waals surface area contributed by atoms with E-state index in [9.17, 15) is 15.0 Å². The van der Waals surface area contributed by atoms with Crippen molar-refractivity contribution in [1.29, 1.82) is 0 Å². The van der Waals surface area contributed by atoms with Crippen LogP contribution < -0.4 is 10.6 Å². The zero-order valence-corrected chi connectivity index (χ0v) is 15.7. The van der Waals surface area contributed by atoms with Crippen LogP contribution in [-0.2, 0) is 9.53 Å². The molecule has 0 aromatic heterocycles. The van der Waals surface area contributed by atoms with E-state index in [0.717, 1.165) is 31.6 Å². The zero-order valence-electron chi connectivity index (χ0n) is 15.7. The van der Waals surface area contributed by atoms with Gasteiger partial charge in [-0.15, -0.1) is 0 Å². The number of aliphatic hydroxyl groups excluding tert-OH is 2. The molecular weight excluding hydrogens is 320 g/mol. The van der Waals surface area contributed by atoms with E-state index in [0.29, 0.717) is 37.9 Å². The lowest BCUT2D eigenvalue weighted by molar-refractivity contribution is -0.111. The maximum absolute atomic E-state index is 10.6. The highest BCUT2D eigenvalue weighted by Crippen LogP contribution is 2.30. The SMILES string of the molecule is COC1CCC(CC(C)NCC(O)C2CCC(O)C(NC=O)C2)CC1. The average molecular weight is 357 g/mol. The first-order valence-electron chi connectivity index (χ1n) is 9.85. The lowest BCUT2D eigenvalue weighted by atomic mass is 9.80. The number of carbonyl (C=O) groups is 1. The Kier molecular flexibility index (Phi) is 8.62. The zero-order chi connectivity index (χ0) is 18.2. The van der Waals surface area contributed by atoms with Crippen molar-refractivity contribution in [2.45, 2.75) is 88.7 Å².